The van der Waals surface area contributed by atoms with Crippen LogP contribution in [0.3, 0.4) is 0 Å². The largest absolute Gasteiger partial charge is 0.488 e. The van der Waals surface area contributed by atoms with Crippen LogP contribution in [0.4, 0.5) is 0 Å². The van der Waals surface area contributed by atoms with E-state index in [4.69, 9.17) is 13.5 Å². The first-order valence-corrected chi connectivity index (χ1v) is 7.39. The van der Waals surface area contributed by atoms with Gasteiger partial charge >= 0.3 is 11.4 Å². The number of ether oxygens (including phenoxy) is 1. The van der Waals surface area contributed by atoms with Crippen LogP contribution in [0.1, 0.15) is 44.9 Å². The van der Waals surface area contributed by atoms with Gasteiger partial charge in [-0.2, -0.15) is 4.21 Å². The van der Waals surface area contributed by atoms with Crippen molar-refractivity contribution in [3.63, 3.8) is 0 Å². The first-order chi connectivity index (χ1) is 9.10. The van der Waals surface area contributed by atoms with Crippen molar-refractivity contribution < 1.29 is 22.8 Å². The van der Waals surface area contributed by atoms with E-state index < -0.39 is 29.2 Å². The van der Waals surface area contributed by atoms with E-state index in [2.05, 4.69) is 0 Å². The number of hydrogen-bond donors (Lipinski definition) is 2. The summed E-state index contributed by atoms with van der Waals surface area (Å²) in [5.74, 6) is 0.536. The Morgan fingerprint density at radius 2 is 1.90 bits per heavy atom. The first kappa shape index (κ1) is 17.1. The van der Waals surface area contributed by atoms with E-state index in [1.807, 2.05) is 39.8 Å². The zero-order valence-corrected chi connectivity index (χ0v) is 13.2. The zero-order valence-electron chi connectivity index (χ0n) is 12.4. The Morgan fingerprint density at radius 3 is 2.35 bits per heavy atom. The van der Waals surface area contributed by atoms with Gasteiger partial charge in [-0.3, -0.25) is 8.74 Å². The van der Waals surface area contributed by atoms with Crippen LogP contribution >= 0.6 is 0 Å². The second kappa shape index (κ2) is 6.67. The molecule has 1 aromatic carbocycles. The van der Waals surface area contributed by atoms with Crippen molar-refractivity contribution in [2.24, 2.45) is 0 Å². The number of aliphatic hydroxyl groups is 1. The molecule has 3 unspecified atom stereocenters. The van der Waals surface area contributed by atoms with Crippen molar-refractivity contribution in [1.82, 2.24) is 0 Å². The quantitative estimate of drug-likeness (QED) is 0.818. The number of aryl methyl sites for hydroxylation is 1. The standard InChI is InChI=1S/C14H22O5S/c1-9-6-7-11(12(8-9)18-14(3,4)5)13(10(2)15)19-20(16)17/h6-8,10,13,15H,1-5H3,(H,16,17). The lowest BCUT2D eigenvalue weighted by atomic mass is 10.0. The van der Waals surface area contributed by atoms with Crippen molar-refractivity contribution >= 4 is 11.4 Å². The first-order valence-electron chi connectivity index (χ1n) is 6.36. The summed E-state index contributed by atoms with van der Waals surface area (Å²) in [7, 11) is 0. The molecule has 6 heteroatoms. The van der Waals surface area contributed by atoms with Gasteiger partial charge in [0.25, 0.3) is 0 Å². The average molecular weight is 302 g/mol. The Labute approximate surface area is 122 Å². The lowest BCUT2D eigenvalue weighted by Gasteiger charge is -2.27. The van der Waals surface area contributed by atoms with E-state index in [-0.39, 0.29) is 0 Å². The Balaban J connectivity index is 3.23. The van der Waals surface area contributed by atoms with Crippen LogP contribution in [0, 0.1) is 6.92 Å². The van der Waals surface area contributed by atoms with E-state index in [0.29, 0.717) is 11.3 Å². The fourth-order valence-electron chi connectivity index (χ4n) is 1.78. The van der Waals surface area contributed by atoms with Crippen molar-refractivity contribution in [3.05, 3.63) is 29.3 Å². The summed E-state index contributed by atoms with van der Waals surface area (Å²) in [4.78, 5) is 0. The summed E-state index contributed by atoms with van der Waals surface area (Å²) in [5.41, 5.74) is 1.11. The highest BCUT2D eigenvalue weighted by Crippen LogP contribution is 2.33. The predicted octanol–water partition coefficient (Wildman–Crippen LogP) is 2.75. The number of benzene rings is 1. The second-order valence-corrected chi connectivity index (χ2v) is 6.36. The molecule has 0 aliphatic carbocycles. The minimum absolute atomic E-state index is 0.426. The zero-order chi connectivity index (χ0) is 15.5. The van der Waals surface area contributed by atoms with Gasteiger partial charge in [0.1, 0.15) is 17.5 Å². The van der Waals surface area contributed by atoms with E-state index in [0.717, 1.165) is 5.56 Å². The van der Waals surface area contributed by atoms with Crippen molar-refractivity contribution in [2.45, 2.75) is 52.4 Å². The minimum Gasteiger partial charge on any atom is -0.488 e. The predicted molar refractivity (Wildman–Crippen MR) is 77.8 cm³/mol. The fraction of sp³-hybridized carbons (Fsp3) is 0.571. The van der Waals surface area contributed by atoms with Crippen molar-refractivity contribution in [1.29, 1.82) is 0 Å². The molecule has 0 aliphatic rings. The normalized spacial score (nSPS) is 16.6. The molecule has 0 aromatic heterocycles. The Morgan fingerprint density at radius 1 is 1.30 bits per heavy atom. The molecule has 0 heterocycles. The summed E-state index contributed by atoms with van der Waals surface area (Å²) in [6, 6.07) is 5.39. The molecule has 0 fully saturated rings. The van der Waals surface area contributed by atoms with Crippen LogP contribution < -0.4 is 4.74 Å². The van der Waals surface area contributed by atoms with Gasteiger partial charge in [0.15, 0.2) is 0 Å². The molecule has 5 nitrogen and oxygen atoms in total. The van der Waals surface area contributed by atoms with Gasteiger partial charge in [0, 0.05) is 5.56 Å². The molecule has 20 heavy (non-hydrogen) atoms. The molecule has 0 spiro atoms. The number of hydrogen-bond acceptors (Lipinski definition) is 4. The van der Waals surface area contributed by atoms with Crippen LogP contribution in [-0.4, -0.2) is 25.6 Å². The maximum atomic E-state index is 10.9. The summed E-state index contributed by atoms with van der Waals surface area (Å²) >= 11 is -2.47. The molecule has 1 aromatic rings. The summed E-state index contributed by atoms with van der Waals surface area (Å²) < 4.78 is 30.5. The third-order valence-corrected chi connectivity index (χ3v) is 2.89. The van der Waals surface area contributed by atoms with Crippen LogP contribution in [-0.2, 0) is 15.5 Å². The summed E-state index contributed by atoms with van der Waals surface area (Å²) in [5, 5.41) is 9.78. The maximum Gasteiger partial charge on any atom is 0.302 e. The molecule has 0 saturated carbocycles. The summed E-state index contributed by atoms with van der Waals surface area (Å²) in [6.45, 7) is 9.13. The van der Waals surface area contributed by atoms with Crippen molar-refractivity contribution in [3.8, 4) is 5.75 Å². The molecule has 0 radical (unpaired) electrons. The Bertz CT molecular complexity index is 479. The molecule has 3 atom stereocenters. The number of rotatable bonds is 5. The van der Waals surface area contributed by atoms with E-state index >= 15 is 0 Å². The highest BCUT2D eigenvalue weighted by molar-refractivity contribution is 7.74. The van der Waals surface area contributed by atoms with Crippen LogP contribution in [0.25, 0.3) is 0 Å². The fourth-order valence-corrected chi connectivity index (χ4v) is 2.22. The highest BCUT2D eigenvalue weighted by atomic mass is 32.2. The molecule has 0 amide bonds. The lowest BCUT2D eigenvalue weighted by molar-refractivity contribution is 0.0455. The van der Waals surface area contributed by atoms with Gasteiger partial charge in [-0.15, -0.1) is 0 Å². The maximum absolute atomic E-state index is 10.9. The molecular weight excluding hydrogens is 280 g/mol. The molecule has 0 bridgehead atoms. The monoisotopic (exact) mass is 302 g/mol. The summed E-state index contributed by atoms with van der Waals surface area (Å²) in [6.07, 6.45) is -1.88. The molecule has 0 saturated heterocycles. The molecular formula is C14H22O5S. The molecule has 0 aliphatic heterocycles. The average Bonchev–Trinajstić information content (AvgIpc) is 2.24. The smallest absolute Gasteiger partial charge is 0.302 e. The van der Waals surface area contributed by atoms with E-state index in [1.54, 1.807) is 6.07 Å². The van der Waals surface area contributed by atoms with Gasteiger partial charge in [-0.25, -0.2) is 0 Å². The Hall–Kier alpha value is -0.950. The topological polar surface area (TPSA) is 76.0 Å². The molecule has 114 valence electrons. The van der Waals surface area contributed by atoms with Crippen LogP contribution in [0.2, 0.25) is 0 Å². The van der Waals surface area contributed by atoms with Gasteiger partial charge in [-0.05, 0) is 46.2 Å². The van der Waals surface area contributed by atoms with Crippen molar-refractivity contribution in [2.75, 3.05) is 0 Å². The third-order valence-electron chi connectivity index (χ3n) is 2.52. The van der Waals surface area contributed by atoms with Crippen LogP contribution in [0.15, 0.2) is 18.2 Å². The third kappa shape index (κ3) is 5.20. The van der Waals surface area contributed by atoms with Gasteiger partial charge in [0.05, 0.1) is 6.10 Å². The lowest BCUT2D eigenvalue weighted by Crippen LogP contribution is -2.26. The van der Waals surface area contributed by atoms with Gasteiger partial charge in [0.2, 0.25) is 0 Å². The minimum atomic E-state index is -2.47. The molecule has 2 N–H and O–H groups in total. The van der Waals surface area contributed by atoms with Crippen LogP contribution in [0.5, 0.6) is 5.75 Å². The van der Waals surface area contributed by atoms with Gasteiger partial charge in [-0.1, -0.05) is 12.1 Å². The second-order valence-electron chi connectivity index (χ2n) is 5.73. The molecule has 1 rings (SSSR count). The van der Waals surface area contributed by atoms with E-state index in [9.17, 15) is 9.32 Å². The Kier molecular flexibility index (Phi) is 5.70. The van der Waals surface area contributed by atoms with Gasteiger partial charge < -0.3 is 9.84 Å². The van der Waals surface area contributed by atoms with E-state index in [1.165, 1.54) is 6.92 Å². The number of aliphatic hydroxyl groups excluding tert-OH is 1. The highest BCUT2D eigenvalue weighted by Gasteiger charge is 2.26. The SMILES string of the molecule is Cc1ccc(C(OS(=O)O)C(C)O)c(OC(C)(C)C)c1.